The molecule has 2 heterocycles. The van der Waals surface area contributed by atoms with E-state index in [-0.39, 0.29) is 18.9 Å². The van der Waals surface area contributed by atoms with E-state index in [0.717, 1.165) is 58.0 Å². The highest BCUT2D eigenvalue weighted by atomic mass is 16.5. The SMILES string of the molecule is C[N+]1(C)CCC(OC(=O)[C@H](Cc2c[nH]c3ccccc23)NC(=O)C2(CC(=O)O)Cc3ccccc3C2)CC1. The van der Waals surface area contributed by atoms with Gasteiger partial charge in [-0.2, -0.15) is 0 Å². The predicted octanol–water partition coefficient (Wildman–Crippen LogP) is 3.24. The average molecular weight is 519 g/mol. The van der Waals surface area contributed by atoms with E-state index >= 15 is 0 Å². The summed E-state index contributed by atoms with van der Waals surface area (Å²) in [4.78, 5) is 42.5. The first-order valence-corrected chi connectivity index (χ1v) is 13.3. The number of hydrogen-bond acceptors (Lipinski definition) is 4. The molecule has 0 unspecified atom stereocenters. The van der Waals surface area contributed by atoms with Crippen molar-refractivity contribution in [2.24, 2.45) is 5.41 Å². The molecule has 1 saturated heterocycles. The molecular formula is C30H36N3O5+. The molecule has 3 aromatic rings. The molecule has 2 aliphatic rings. The molecule has 1 fully saturated rings. The van der Waals surface area contributed by atoms with E-state index < -0.39 is 29.3 Å². The van der Waals surface area contributed by atoms with Gasteiger partial charge in [0.2, 0.25) is 5.91 Å². The Morgan fingerprint density at radius 1 is 1.05 bits per heavy atom. The molecule has 1 amide bonds. The number of H-pyrrole nitrogens is 1. The number of quaternary nitrogens is 1. The molecule has 0 radical (unpaired) electrons. The number of carboxylic acid groups (broad SMARTS) is 1. The summed E-state index contributed by atoms with van der Waals surface area (Å²) in [5.74, 6) is -1.92. The normalized spacial score (nSPS) is 19.0. The Labute approximate surface area is 222 Å². The van der Waals surface area contributed by atoms with Crippen molar-refractivity contribution in [2.75, 3.05) is 27.2 Å². The van der Waals surface area contributed by atoms with Crippen LogP contribution in [0.4, 0.5) is 0 Å². The number of aromatic nitrogens is 1. The summed E-state index contributed by atoms with van der Waals surface area (Å²) in [6, 6.07) is 14.6. The van der Waals surface area contributed by atoms with Gasteiger partial charge in [-0.05, 0) is 35.6 Å². The number of amides is 1. The smallest absolute Gasteiger partial charge is 0.329 e. The molecule has 2 aromatic carbocycles. The largest absolute Gasteiger partial charge is 0.481 e. The van der Waals surface area contributed by atoms with Crippen molar-refractivity contribution in [3.8, 4) is 0 Å². The molecule has 8 nitrogen and oxygen atoms in total. The van der Waals surface area contributed by atoms with Crippen LogP contribution in [0.1, 0.15) is 36.0 Å². The Morgan fingerprint density at radius 2 is 1.68 bits per heavy atom. The minimum atomic E-state index is -1.15. The lowest BCUT2D eigenvalue weighted by Crippen LogP contribution is -2.53. The number of aliphatic carboxylic acids is 1. The fraction of sp³-hybridized carbons (Fsp3) is 0.433. The number of para-hydroxylation sites is 1. The van der Waals surface area contributed by atoms with Gasteiger partial charge in [-0.3, -0.25) is 9.59 Å². The number of carbonyl (C=O) groups excluding carboxylic acids is 2. The molecule has 3 N–H and O–H groups in total. The van der Waals surface area contributed by atoms with E-state index in [1.165, 1.54) is 0 Å². The summed E-state index contributed by atoms with van der Waals surface area (Å²) in [6.07, 6.45) is 3.79. The molecular weight excluding hydrogens is 482 g/mol. The third-order valence-electron chi connectivity index (χ3n) is 8.23. The van der Waals surface area contributed by atoms with Gasteiger partial charge in [0, 0.05) is 36.4 Å². The van der Waals surface area contributed by atoms with Crippen LogP contribution in [-0.4, -0.2) is 71.7 Å². The number of benzene rings is 2. The molecule has 1 aliphatic carbocycles. The van der Waals surface area contributed by atoms with E-state index in [1.807, 2.05) is 54.7 Å². The number of fused-ring (bicyclic) bond motifs is 2. The Morgan fingerprint density at radius 3 is 2.34 bits per heavy atom. The van der Waals surface area contributed by atoms with Crippen LogP contribution in [-0.2, 0) is 38.4 Å². The van der Waals surface area contributed by atoms with Gasteiger partial charge in [0.05, 0.1) is 39.0 Å². The Balaban J connectivity index is 1.39. The molecule has 1 aromatic heterocycles. The number of likely N-dealkylation sites (tertiary alicyclic amines) is 1. The van der Waals surface area contributed by atoms with E-state index in [0.29, 0.717) is 12.8 Å². The molecule has 1 aliphatic heterocycles. The van der Waals surface area contributed by atoms with Crippen LogP contribution < -0.4 is 5.32 Å². The zero-order valence-corrected chi connectivity index (χ0v) is 22.0. The van der Waals surface area contributed by atoms with Crippen LogP contribution in [0.15, 0.2) is 54.7 Å². The van der Waals surface area contributed by atoms with Crippen LogP contribution in [0.3, 0.4) is 0 Å². The summed E-state index contributed by atoms with van der Waals surface area (Å²) in [7, 11) is 4.33. The number of hydrogen-bond donors (Lipinski definition) is 3. The second kappa shape index (κ2) is 10.3. The molecule has 1 atom stereocenters. The van der Waals surface area contributed by atoms with Gasteiger partial charge in [0.25, 0.3) is 0 Å². The lowest BCUT2D eigenvalue weighted by atomic mass is 9.80. The van der Waals surface area contributed by atoms with Crippen LogP contribution in [0, 0.1) is 5.41 Å². The second-order valence-corrected chi connectivity index (χ2v) is 11.6. The number of nitrogens with one attached hydrogen (secondary N) is 2. The van der Waals surface area contributed by atoms with Gasteiger partial charge in [-0.25, -0.2) is 4.79 Å². The number of esters is 1. The number of ether oxygens (including phenoxy) is 1. The Bertz CT molecular complexity index is 1330. The molecule has 0 saturated carbocycles. The highest BCUT2D eigenvalue weighted by molar-refractivity contribution is 5.92. The van der Waals surface area contributed by atoms with Crippen molar-refractivity contribution in [1.29, 1.82) is 0 Å². The van der Waals surface area contributed by atoms with Crippen molar-refractivity contribution in [1.82, 2.24) is 10.3 Å². The molecule has 38 heavy (non-hydrogen) atoms. The zero-order valence-electron chi connectivity index (χ0n) is 22.0. The zero-order chi connectivity index (χ0) is 26.9. The van der Waals surface area contributed by atoms with Gasteiger partial charge < -0.3 is 24.6 Å². The number of aromatic amines is 1. The highest BCUT2D eigenvalue weighted by Crippen LogP contribution is 2.40. The number of carbonyl (C=O) groups is 3. The fourth-order valence-corrected chi connectivity index (χ4v) is 5.98. The van der Waals surface area contributed by atoms with E-state index in [9.17, 15) is 19.5 Å². The van der Waals surface area contributed by atoms with E-state index in [2.05, 4.69) is 24.4 Å². The Hall–Kier alpha value is -3.65. The Kier molecular flexibility index (Phi) is 7.01. The average Bonchev–Trinajstić information content (AvgIpc) is 3.46. The number of piperidine rings is 1. The quantitative estimate of drug-likeness (QED) is 0.313. The minimum Gasteiger partial charge on any atom is -0.481 e. The fourth-order valence-electron chi connectivity index (χ4n) is 5.98. The first-order chi connectivity index (χ1) is 18.1. The van der Waals surface area contributed by atoms with Gasteiger partial charge in [-0.15, -0.1) is 0 Å². The number of rotatable bonds is 8. The van der Waals surface area contributed by atoms with Crippen LogP contribution in [0.5, 0.6) is 0 Å². The molecule has 0 spiro atoms. The maximum absolute atomic E-state index is 13.9. The van der Waals surface area contributed by atoms with Crippen molar-refractivity contribution in [3.05, 3.63) is 71.4 Å². The summed E-state index contributed by atoms with van der Waals surface area (Å²) < 4.78 is 6.85. The van der Waals surface area contributed by atoms with Crippen molar-refractivity contribution in [2.45, 2.75) is 50.7 Å². The number of carboxylic acids is 1. The summed E-state index contributed by atoms with van der Waals surface area (Å²) in [5.41, 5.74) is 2.64. The number of nitrogens with zero attached hydrogens (tertiary/aromatic N) is 1. The summed E-state index contributed by atoms with van der Waals surface area (Å²) in [5, 5.41) is 13.6. The minimum absolute atomic E-state index is 0.195. The lowest BCUT2D eigenvalue weighted by molar-refractivity contribution is -0.896. The maximum Gasteiger partial charge on any atom is 0.329 e. The van der Waals surface area contributed by atoms with Crippen molar-refractivity contribution in [3.63, 3.8) is 0 Å². The summed E-state index contributed by atoms with van der Waals surface area (Å²) in [6.45, 7) is 1.83. The molecule has 0 bridgehead atoms. The summed E-state index contributed by atoms with van der Waals surface area (Å²) >= 11 is 0. The van der Waals surface area contributed by atoms with Crippen LogP contribution in [0.2, 0.25) is 0 Å². The predicted molar refractivity (Wildman–Crippen MR) is 143 cm³/mol. The monoisotopic (exact) mass is 518 g/mol. The standard InChI is InChI=1S/C30H35N3O5/c1-33(2)13-11-23(12-14-33)38-28(36)26(15-22-19-31-25-10-6-5-9-24(22)25)32-29(37)30(18-27(34)35)16-20-7-3-4-8-21(20)17-30/h3-10,19,23,26,31H,11-18H2,1-2H3,(H-,32,34,35,37)/p+1/t26-/m0/s1. The van der Waals surface area contributed by atoms with E-state index in [4.69, 9.17) is 4.74 Å². The topological polar surface area (TPSA) is 108 Å². The molecule has 5 rings (SSSR count). The van der Waals surface area contributed by atoms with Gasteiger partial charge >= 0.3 is 11.9 Å². The van der Waals surface area contributed by atoms with Gasteiger partial charge in [0.1, 0.15) is 12.1 Å². The molecule has 8 heteroatoms. The highest BCUT2D eigenvalue weighted by Gasteiger charge is 2.46. The van der Waals surface area contributed by atoms with Crippen molar-refractivity contribution < 1.29 is 28.7 Å². The first-order valence-electron chi connectivity index (χ1n) is 13.3. The van der Waals surface area contributed by atoms with Crippen molar-refractivity contribution >= 4 is 28.7 Å². The van der Waals surface area contributed by atoms with Crippen LogP contribution >= 0.6 is 0 Å². The lowest BCUT2D eigenvalue weighted by Gasteiger charge is -2.37. The van der Waals surface area contributed by atoms with Crippen LogP contribution in [0.25, 0.3) is 10.9 Å². The second-order valence-electron chi connectivity index (χ2n) is 11.6. The maximum atomic E-state index is 13.9. The molecule has 200 valence electrons. The van der Waals surface area contributed by atoms with E-state index in [1.54, 1.807) is 0 Å². The third kappa shape index (κ3) is 5.45. The van der Waals surface area contributed by atoms with Gasteiger partial charge in [-0.1, -0.05) is 42.5 Å². The third-order valence-corrected chi connectivity index (χ3v) is 8.23. The first kappa shape index (κ1) is 26.0. The van der Waals surface area contributed by atoms with Gasteiger partial charge in [0.15, 0.2) is 0 Å².